The zero-order chi connectivity index (χ0) is 13.7. The number of hydrogen-bond donors (Lipinski definition) is 1. The number of nitrogens with one attached hydrogen (secondary N) is 1. The van der Waals surface area contributed by atoms with Crippen LogP contribution in [0.1, 0.15) is 57.1 Å². The zero-order valence-corrected chi connectivity index (χ0v) is 12.3. The van der Waals surface area contributed by atoms with Gasteiger partial charge in [0, 0.05) is 16.6 Å². The van der Waals surface area contributed by atoms with Crippen molar-refractivity contribution in [2.45, 2.75) is 51.5 Å². The molecule has 1 unspecified atom stereocenters. The molecule has 0 spiro atoms. The van der Waals surface area contributed by atoms with Crippen molar-refractivity contribution < 1.29 is 4.39 Å². The molecular formula is C16H23ClFN. The van der Waals surface area contributed by atoms with Gasteiger partial charge in [-0.05, 0) is 31.0 Å². The highest BCUT2D eigenvalue weighted by Crippen LogP contribution is 2.33. The van der Waals surface area contributed by atoms with Gasteiger partial charge in [-0.15, -0.1) is 0 Å². The summed E-state index contributed by atoms with van der Waals surface area (Å²) in [6, 6.07) is 5.14. The Labute approximate surface area is 120 Å². The summed E-state index contributed by atoms with van der Waals surface area (Å²) in [5, 5.41) is 3.89. The maximum Gasteiger partial charge on any atom is 0.129 e. The van der Waals surface area contributed by atoms with Crippen molar-refractivity contribution in [2.24, 2.45) is 5.92 Å². The first-order valence-corrected chi connectivity index (χ1v) is 7.76. The normalized spacial score (nSPS) is 18.5. The first-order chi connectivity index (χ1) is 9.20. The maximum absolute atomic E-state index is 14.1. The highest BCUT2D eigenvalue weighted by molar-refractivity contribution is 6.30. The molecule has 106 valence electrons. The van der Waals surface area contributed by atoms with Gasteiger partial charge in [0.15, 0.2) is 0 Å². The van der Waals surface area contributed by atoms with E-state index in [0.717, 1.165) is 24.4 Å². The molecule has 1 N–H and O–H groups in total. The van der Waals surface area contributed by atoms with Crippen LogP contribution in [0, 0.1) is 11.7 Å². The van der Waals surface area contributed by atoms with Crippen LogP contribution in [-0.4, -0.2) is 6.54 Å². The van der Waals surface area contributed by atoms with Gasteiger partial charge in [0.1, 0.15) is 5.82 Å². The minimum atomic E-state index is -0.186. The van der Waals surface area contributed by atoms with Crippen LogP contribution in [0.3, 0.4) is 0 Å². The molecule has 0 radical (unpaired) electrons. The van der Waals surface area contributed by atoms with Crippen LogP contribution in [0.4, 0.5) is 4.39 Å². The second kappa shape index (κ2) is 7.25. The third-order valence-electron chi connectivity index (χ3n) is 4.08. The molecule has 1 saturated carbocycles. The fourth-order valence-corrected chi connectivity index (χ4v) is 3.27. The Morgan fingerprint density at radius 2 is 2.05 bits per heavy atom. The lowest BCUT2D eigenvalue weighted by molar-refractivity contribution is 0.298. The third-order valence-corrected chi connectivity index (χ3v) is 4.32. The lowest BCUT2D eigenvalue weighted by Crippen LogP contribution is -2.25. The highest BCUT2D eigenvalue weighted by Gasteiger charge is 2.21. The predicted octanol–water partition coefficient (Wildman–Crippen LogP) is 5.10. The van der Waals surface area contributed by atoms with Crippen LogP contribution in [0.15, 0.2) is 18.2 Å². The molecule has 0 saturated heterocycles. The Morgan fingerprint density at radius 3 is 2.68 bits per heavy atom. The maximum atomic E-state index is 14.1. The van der Waals surface area contributed by atoms with Gasteiger partial charge in [-0.2, -0.15) is 0 Å². The molecule has 1 atom stereocenters. The quantitative estimate of drug-likeness (QED) is 0.793. The van der Waals surface area contributed by atoms with Crippen molar-refractivity contribution in [2.75, 3.05) is 6.54 Å². The molecule has 0 amide bonds. The lowest BCUT2D eigenvalue weighted by Gasteiger charge is -2.27. The Morgan fingerprint density at radius 1 is 1.32 bits per heavy atom. The monoisotopic (exact) mass is 283 g/mol. The van der Waals surface area contributed by atoms with Gasteiger partial charge in [0.2, 0.25) is 0 Å². The largest absolute Gasteiger partial charge is 0.310 e. The van der Waals surface area contributed by atoms with E-state index in [4.69, 9.17) is 11.6 Å². The van der Waals surface area contributed by atoms with E-state index in [2.05, 4.69) is 12.2 Å². The number of rotatable bonds is 5. The molecular weight excluding hydrogens is 261 g/mol. The Balaban J connectivity index is 2.09. The van der Waals surface area contributed by atoms with E-state index in [-0.39, 0.29) is 11.9 Å². The molecule has 0 bridgehead atoms. The van der Waals surface area contributed by atoms with E-state index in [9.17, 15) is 4.39 Å². The first kappa shape index (κ1) is 14.8. The van der Waals surface area contributed by atoms with Gasteiger partial charge < -0.3 is 5.32 Å². The van der Waals surface area contributed by atoms with Crippen LogP contribution in [0.2, 0.25) is 5.02 Å². The van der Waals surface area contributed by atoms with E-state index in [1.54, 1.807) is 6.07 Å². The lowest BCUT2D eigenvalue weighted by atomic mass is 9.83. The third kappa shape index (κ3) is 4.19. The standard InChI is InChI=1S/C16H23ClFN/c1-2-19-16(10-12-6-4-3-5-7-12)14-9-8-13(17)11-15(14)18/h8-9,11-12,16,19H,2-7,10H2,1H3. The first-order valence-electron chi connectivity index (χ1n) is 7.39. The smallest absolute Gasteiger partial charge is 0.129 e. The molecule has 0 aliphatic heterocycles. The molecule has 1 aromatic carbocycles. The molecule has 0 aromatic heterocycles. The molecule has 1 aromatic rings. The zero-order valence-electron chi connectivity index (χ0n) is 11.6. The van der Waals surface area contributed by atoms with Crippen molar-refractivity contribution in [3.8, 4) is 0 Å². The summed E-state index contributed by atoms with van der Waals surface area (Å²) in [6.45, 7) is 2.93. The minimum absolute atomic E-state index is 0.116. The average Bonchev–Trinajstić information content (AvgIpc) is 2.39. The summed E-state index contributed by atoms with van der Waals surface area (Å²) in [6.07, 6.45) is 7.62. The predicted molar refractivity (Wildman–Crippen MR) is 79.0 cm³/mol. The molecule has 2 rings (SSSR count). The number of halogens is 2. The van der Waals surface area contributed by atoms with E-state index in [1.807, 2.05) is 6.07 Å². The second-order valence-electron chi connectivity index (χ2n) is 5.52. The molecule has 1 fully saturated rings. The molecule has 1 nitrogen and oxygen atoms in total. The van der Waals surface area contributed by atoms with Crippen LogP contribution >= 0.6 is 11.6 Å². The van der Waals surface area contributed by atoms with Gasteiger partial charge in [-0.25, -0.2) is 4.39 Å². The molecule has 1 aliphatic rings. The van der Waals surface area contributed by atoms with Crippen molar-refractivity contribution >= 4 is 11.6 Å². The second-order valence-corrected chi connectivity index (χ2v) is 5.95. The van der Waals surface area contributed by atoms with Crippen molar-refractivity contribution in [1.29, 1.82) is 0 Å². The number of benzene rings is 1. The van der Waals surface area contributed by atoms with E-state index >= 15 is 0 Å². The summed E-state index contributed by atoms with van der Waals surface area (Å²) in [5.74, 6) is 0.544. The summed E-state index contributed by atoms with van der Waals surface area (Å²) >= 11 is 5.83. The summed E-state index contributed by atoms with van der Waals surface area (Å²) in [5.41, 5.74) is 0.761. The van der Waals surface area contributed by atoms with Crippen LogP contribution in [-0.2, 0) is 0 Å². The Bertz CT molecular complexity index is 402. The number of hydrogen-bond acceptors (Lipinski definition) is 1. The van der Waals surface area contributed by atoms with E-state index in [0.29, 0.717) is 5.02 Å². The fourth-order valence-electron chi connectivity index (χ4n) is 3.11. The Hall–Kier alpha value is -0.600. The topological polar surface area (TPSA) is 12.0 Å². The Kier molecular flexibility index (Phi) is 5.65. The molecule has 1 aliphatic carbocycles. The highest BCUT2D eigenvalue weighted by atomic mass is 35.5. The van der Waals surface area contributed by atoms with Crippen molar-refractivity contribution in [3.63, 3.8) is 0 Å². The fraction of sp³-hybridized carbons (Fsp3) is 0.625. The molecule has 19 heavy (non-hydrogen) atoms. The summed E-state index contributed by atoms with van der Waals surface area (Å²) in [7, 11) is 0. The van der Waals surface area contributed by atoms with Gasteiger partial charge in [-0.1, -0.05) is 56.7 Å². The van der Waals surface area contributed by atoms with E-state index < -0.39 is 0 Å². The summed E-state index contributed by atoms with van der Waals surface area (Å²) < 4.78 is 14.1. The van der Waals surface area contributed by atoms with Crippen molar-refractivity contribution in [1.82, 2.24) is 5.32 Å². The molecule has 3 heteroatoms. The van der Waals surface area contributed by atoms with Crippen LogP contribution in [0.25, 0.3) is 0 Å². The van der Waals surface area contributed by atoms with Crippen LogP contribution in [0.5, 0.6) is 0 Å². The van der Waals surface area contributed by atoms with Gasteiger partial charge in [0.05, 0.1) is 0 Å². The summed E-state index contributed by atoms with van der Waals surface area (Å²) in [4.78, 5) is 0. The van der Waals surface area contributed by atoms with Crippen molar-refractivity contribution in [3.05, 3.63) is 34.6 Å². The molecule has 0 heterocycles. The SMILES string of the molecule is CCNC(CC1CCCCC1)c1ccc(Cl)cc1F. The van der Waals surface area contributed by atoms with Gasteiger partial charge >= 0.3 is 0 Å². The van der Waals surface area contributed by atoms with Crippen LogP contribution < -0.4 is 5.32 Å². The minimum Gasteiger partial charge on any atom is -0.310 e. The van der Waals surface area contributed by atoms with Gasteiger partial charge in [0.25, 0.3) is 0 Å². The van der Waals surface area contributed by atoms with E-state index in [1.165, 1.54) is 38.2 Å². The van der Waals surface area contributed by atoms with Gasteiger partial charge in [-0.3, -0.25) is 0 Å². The average molecular weight is 284 g/mol.